The first-order valence-corrected chi connectivity index (χ1v) is 8.68. The molecule has 118 valence electrons. The molecule has 5 heteroatoms. The lowest BCUT2D eigenvalue weighted by Crippen LogP contribution is -2.21. The summed E-state index contributed by atoms with van der Waals surface area (Å²) in [6, 6.07) is 12.3. The van der Waals surface area contributed by atoms with Crippen LogP contribution in [0.4, 0.5) is 0 Å². The third-order valence-electron chi connectivity index (χ3n) is 4.28. The molecule has 0 spiro atoms. The number of hydrogen-bond acceptors (Lipinski definition) is 4. The maximum Gasteiger partial charge on any atom is 0.249 e. The normalized spacial score (nSPS) is 15.8. The molecule has 1 saturated carbocycles. The van der Waals surface area contributed by atoms with Crippen LogP contribution in [-0.4, -0.2) is 5.91 Å². The average Bonchev–Trinajstić information content (AvgIpc) is 3.11. The number of nitrogens with one attached hydrogen (secondary N) is 1. The lowest BCUT2D eigenvalue weighted by Gasteiger charge is -2.15. The van der Waals surface area contributed by atoms with Gasteiger partial charge in [-0.3, -0.25) is 4.79 Å². The van der Waals surface area contributed by atoms with Crippen LogP contribution >= 0.6 is 11.3 Å². The maximum absolute atomic E-state index is 11.2. The zero-order valence-electron chi connectivity index (χ0n) is 12.6. The van der Waals surface area contributed by atoms with Crippen molar-refractivity contribution in [1.82, 2.24) is 5.32 Å². The van der Waals surface area contributed by atoms with E-state index in [4.69, 9.17) is 10.2 Å². The molecule has 4 rings (SSSR count). The van der Waals surface area contributed by atoms with E-state index in [1.807, 2.05) is 29.6 Å². The number of furan rings is 1. The van der Waals surface area contributed by atoms with Crippen LogP contribution < -0.4 is 11.1 Å². The number of amides is 1. The van der Waals surface area contributed by atoms with Gasteiger partial charge in [0.2, 0.25) is 5.91 Å². The molecule has 1 aliphatic carbocycles. The molecule has 3 aromatic rings. The minimum absolute atomic E-state index is 0.224. The predicted molar refractivity (Wildman–Crippen MR) is 91.4 cm³/mol. The van der Waals surface area contributed by atoms with Crippen molar-refractivity contribution in [3.8, 4) is 0 Å². The van der Waals surface area contributed by atoms with Crippen LogP contribution in [0.15, 0.2) is 46.2 Å². The van der Waals surface area contributed by atoms with E-state index in [0.29, 0.717) is 11.5 Å². The molecular formula is C18H18N2O2S. The Morgan fingerprint density at radius 2 is 2.17 bits per heavy atom. The minimum atomic E-state index is -0.372. The fourth-order valence-corrected chi connectivity index (χ4v) is 3.72. The van der Waals surface area contributed by atoms with Gasteiger partial charge < -0.3 is 15.5 Å². The number of hydrogen-bond donors (Lipinski definition) is 2. The Balaban J connectivity index is 1.52. The van der Waals surface area contributed by atoms with Crippen LogP contribution in [-0.2, 0) is 6.54 Å². The molecule has 1 fully saturated rings. The van der Waals surface area contributed by atoms with Gasteiger partial charge in [0.25, 0.3) is 0 Å². The second-order valence-corrected chi connectivity index (χ2v) is 7.04. The van der Waals surface area contributed by atoms with E-state index in [0.717, 1.165) is 28.2 Å². The Morgan fingerprint density at radius 1 is 1.35 bits per heavy atom. The number of carbonyl (C=O) groups excluding carboxylic acids is 1. The fraction of sp³-hybridized carbons (Fsp3) is 0.278. The quantitative estimate of drug-likeness (QED) is 0.723. The summed E-state index contributed by atoms with van der Waals surface area (Å²) in [5.74, 6) is 1.26. The number of para-hydroxylation sites is 1. The van der Waals surface area contributed by atoms with E-state index in [1.54, 1.807) is 11.3 Å². The topological polar surface area (TPSA) is 68.3 Å². The third-order valence-corrected chi connectivity index (χ3v) is 5.22. The van der Waals surface area contributed by atoms with Gasteiger partial charge in [-0.05, 0) is 37.0 Å². The first-order valence-electron chi connectivity index (χ1n) is 7.80. The molecule has 3 N–H and O–H groups in total. The second kappa shape index (κ2) is 5.83. The molecule has 0 aliphatic heterocycles. The van der Waals surface area contributed by atoms with Gasteiger partial charge in [-0.2, -0.15) is 0 Å². The van der Waals surface area contributed by atoms with E-state index in [-0.39, 0.29) is 11.9 Å². The number of benzene rings is 1. The van der Waals surface area contributed by atoms with Crippen molar-refractivity contribution in [3.05, 3.63) is 58.0 Å². The monoisotopic (exact) mass is 326 g/mol. The van der Waals surface area contributed by atoms with E-state index in [2.05, 4.69) is 17.4 Å². The van der Waals surface area contributed by atoms with Crippen molar-refractivity contribution in [3.63, 3.8) is 0 Å². The van der Waals surface area contributed by atoms with Gasteiger partial charge >= 0.3 is 0 Å². The highest BCUT2D eigenvalue weighted by atomic mass is 32.1. The van der Waals surface area contributed by atoms with Crippen LogP contribution in [0, 0.1) is 5.92 Å². The number of rotatable bonds is 6. The molecule has 1 atom stereocenters. The predicted octanol–water partition coefficient (Wildman–Crippen LogP) is 3.83. The molecule has 2 aromatic heterocycles. The van der Waals surface area contributed by atoms with Gasteiger partial charge in [0, 0.05) is 22.2 Å². The SMILES string of the molecule is NC(=O)c1csc(CN[C@H](c2cc3ccccc3o2)C2CC2)c1. The molecule has 1 aromatic carbocycles. The highest BCUT2D eigenvalue weighted by Gasteiger charge is 2.34. The standard InChI is InChI=1S/C18H18N2O2S/c19-18(21)13-7-14(23-10-13)9-20-17(11-5-6-11)16-8-12-3-1-2-4-15(12)22-16/h1-4,7-8,10-11,17,20H,5-6,9H2,(H2,19,21)/t17-/m0/s1. The van der Waals surface area contributed by atoms with E-state index in [1.165, 1.54) is 12.8 Å². The number of thiophene rings is 1. The highest BCUT2D eigenvalue weighted by molar-refractivity contribution is 7.10. The highest BCUT2D eigenvalue weighted by Crippen LogP contribution is 2.42. The van der Waals surface area contributed by atoms with Crippen molar-refractivity contribution in [2.75, 3.05) is 0 Å². The van der Waals surface area contributed by atoms with Gasteiger partial charge in [0.15, 0.2) is 0 Å². The second-order valence-electron chi connectivity index (χ2n) is 6.05. The molecule has 1 amide bonds. The summed E-state index contributed by atoms with van der Waals surface area (Å²) in [7, 11) is 0. The van der Waals surface area contributed by atoms with Crippen molar-refractivity contribution >= 4 is 28.2 Å². The van der Waals surface area contributed by atoms with E-state index < -0.39 is 0 Å². The van der Waals surface area contributed by atoms with E-state index in [9.17, 15) is 4.79 Å². The van der Waals surface area contributed by atoms with Crippen molar-refractivity contribution in [1.29, 1.82) is 0 Å². The Morgan fingerprint density at radius 3 is 2.87 bits per heavy atom. The summed E-state index contributed by atoms with van der Waals surface area (Å²) in [5.41, 5.74) is 6.82. The molecule has 0 radical (unpaired) electrons. The molecule has 23 heavy (non-hydrogen) atoms. The van der Waals surface area contributed by atoms with Crippen molar-refractivity contribution < 1.29 is 9.21 Å². The minimum Gasteiger partial charge on any atom is -0.459 e. The summed E-state index contributed by atoms with van der Waals surface area (Å²) >= 11 is 1.56. The third kappa shape index (κ3) is 3.02. The zero-order chi connectivity index (χ0) is 15.8. The number of nitrogens with two attached hydrogens (primary N) is 1. The van der Waals surface area contributed by atoms with Crippen LogP contribution in [0.2, 0.25) is 0 Å². The van der Waals surface area contributed by atoms with Crippen molar-refractivity contribution in [2.45, 2.75) is 25.4 Å². The lowest BCUT2D eigenvalue weighted by atomic mass is 10.1. The molecule has 1 aliphatic rings. The Bertz CT molecular complexity index is 814. The largest absolute Gasteiger partial charge is 0.459 e. The van der Waals surface area contributed by atoms with Gasteiger partial charge in [0.05, 0.1) is 11.6 Å². The first kappa shape index (κ1) is 14.5. The van der Waals surface area contributed by atoms with E-state index >= 15 is 0 Å². The zero-order valence-corrected chi connectivity index (χ0v) is 13.4. The number of fused-ring (bicyclic) bond motifs is 1. The summed E-state index contributed by atoms with van der Waals surface area (Å²) in [6.45, 7) is 0.718. The molecule has 4 nitrogen and oxygen atoms in total. The average molecular weight is 326 g/mol. The first-order chi connectivity index (χ1) is 11.2. The summed E-state index contributed by atoms with van der Waals surface area (Å²) in [4.78, 5) is 12.3. The summed E-state index contributed by atoms with van der Waals surface area (Å²) in [5, 5.41) is 6.55. The number of primary amides is 1. The number of carbonyl (C=O) groups is 1. The van der Waals surface area contributed by atoms with Crippen LogP contribution in [0.1, 0.15) is 39.9 Å². The Labute approximate surface area is 138 Å². The van der Waals surface area contributed by atoms with Gasteiger partial charge in [0.1, 0.15) is 11.3 Å². The van der Waals surface area contributed by atoms with Crippen LogP contribution in [0.5, 0.6) is 0 Å². The molecule has 0 saturated heterocycles. The maximum atomic E-state index is 11.2. The molecule has 0 bridgehead atoms. The van der Waals surface area contributed by atoms with Gasteiger partial charge in [-0.1, -0.05) is 18.2 Å². The van der Waals surface area contributed by atoms with Crippen molar-refractivity contribution in [2.24, 2.45) is 11.7 Å². The van der Waals surface area contributed by atoms with Crippen LogP contribution in [0.25, 0.3) is 11.0 Å². The lowest BCUT2D eigenvalue weighted by molar-refractivity contribution is 0.100. The molecular weight excluding hydrogens is 308 g/mol. The fourth-order valence-electron chi connectivity index (χ4n) is 2.90. The summed E-state index contributed by atoms with van der Waals surface area (Å²) in [6.07, 6.45) is 2.46. The smallest absolute Gasteiger partial charge is 0.249 e. The molecule has 2 heterocycles. The molecule has 0 unspecified atom stereocenters. The van der Waals surface area contributed by atoms with Gasteiger partial charge in [-0.25, -0.2) is 0 Å². The Kier molecular flexibility index (Phi) is 3.67. The van der Waals surface area contributed by atoms with Crippen LogP contribution in [0.3, 0.4) is 0 Å². The summed E-state index contributed by atoms with van der Waals surface area (Å²) < 4.78 is 6.03. The van der Waals surface area contributed by atoms with Gasteiger partial charge in [-0.15, -0.1) is 11.3 Å². The Hall–Kier alpha value is -2.11.